The molecule has 0 unspecified atom stereocenters. The molecule has 24 heteroatoms. The Bertz CT molecular complexity index is 2390. The second-order valence-corrected chi connectivity index (χ2v) is 13.1. The van der Waals surface area contributed by atoms with Crippen LogP contribution in [0.1, 0.15) is 6.92 Å². The van der Waals surface area contributed by atoms with Gasteiger partial charge in [0.05, 0.1) is 35.6 Å². The maximum Gasteiger partial charge on any atom is 0.322 e. The monoisotopic (exact) mass is 764 g/mol. The molecule has 2 aromatic carbocycles. The van der Waals surface area contributed by atoms with Gasteiger partial charge in [0, 0.05) is 6.07 Å². The van der Waals surface area contributed by atoms with Gasteiger partial charge in [-0.2, -0.15) is 45.2 Å². The Morgan fingerprint density at radius 1 is 0.776 bits per heavy atom. The molecular weight excluding hydrogens is 747 g/mol. The third kappa shape index (κ3) is 7.35. The molecule has 0 atom stereocenters. The number of methoxy groups -OCH3 is 1. The Labute approximate surface area is 282 Å². The zero-order chi connectivity index (χ0) is 35.7. The van der Waals surface area contributed by atoms with E-state index in [4.69, 9.17) is 32.7 Å². The molecule has 0 saturated heterocycles. The van der Waals surface area contributed by atoms with Crippen molar-refractivity contribution in [3.05, 3.63) is 82.1 Å². The fourth-order valence-electron chi connectivity index (χ4n) is 3.76. The summed E-state index contributed by atoms with van der Waals surface area (Å²) in [5, 5.41) is 6.05. The molecule has 4 aromatic heterocycles. The predicted octanol–water partition coefficient (Wildman–Crippen LogP) is 4.12. The molecule has 16 nitrogen and oxygen atoms in total. The highest BCUT2D eigenvalue weighted by molar-refractivity contribution is 7.92. The maximum atomic E-state index is 13.7. The van der Waals surface area contributed by atoms with Crippen molar-refractivity contribution in [1.82, 2.24) is 39.2 Å². The smallest absolute Gasteiger partial charge is 0.322 e. The van der Waals surface area contributed by atoms with Crippen molar-refractivity contribution in [3.63, 3.8) is 0 Å². The first kappa shape index (κ1) is 35.3. The Morgan fingerprint density at radius 2 is 1.35 bits per heavy atom. The summed E-state index contributed by atoms with van der Waals surface area (Å²) in [6.45, 7) is 1.84. The van der Waals surface area contributed by atoms with E-state index in [9.17, 15) is 34.4 Å². The highest BCUT2D eigenvalue weighted by Gasteiger charge is 2.27. The molecule has 258 valence electrons. The van der Waals surface area contributed by atoms with Crippen LogP contribution in [0.5, 0.6) is 12.0 Å². The molecule has 0 fully saturated rings. The summed E-state index contributed by atoms with van der Waals surface area (Å²) in [4.78, 5) is 14.4. The van der Waals surface area contributed by atoms with Crippen LogP contribution in [0.15, 0.2) is 59.0 Å². The largest absolute Gasteiger partial charge is 0.467 e. The number of nitrogens with one attached hydrogen (secondary N) is 2. The third-order valence-electron chi connectivity index (χ3n) is 5.85. The average molecular weight is 766 g/mol. The third-order valence-corrected chi connectivity index (χ3v) is 8.73. The Hall–Kier alpha value is -5.06. The quantitative estimate of drug-likeness (QED) is 0.158. The lowest BCUT2D eigenvalue weighted by molar-refractivity contribution is 0.296. The number of benzene rings is 2. The zero-order valence-corrected chi connectivity index (χ0v) is 27.6. The fraction of sp³-hybridized carbons (Fsp3) is 0.120. The molecule has 0 aliphatic carbocycles. The SMILES string of the molecule is CCOc1nc(F)cc2nc(S(=O)(=O)Nc3c(Cl)cccc3Cl)nn12.COc1ncc(F)c2nc(S(=O)(=O)Nc3c(F)cccc3F)nn12. The summed E-state index contributed by atoms with van der Waals surface area (Å²) >= 11 is 11.9. The molecule has 0 aliphatic rings. The number of para-hydroxylation sites is 2. The molecule has 0 amide bonds. The number of rotatable bonds is 9. The van der Waals surface area contributed by atoms with Crippen LogP contribution in [0.3, 0.4) is 0 Å². The van der Waals surface area contributed by atoms with Gasteiger partial charge in [0.1, 0.15) is 17.3 Å². The van der Waals surface area contributed by atoms with Gasteiger partial charge in [0.15, 0.2) is 17.1 Å². The summed E-state index contributed by atoms with van der Waals surface area (Å²) in [5.74, 6) is -4.10. The number of hydrogen-bond donors (Lipinski definition) is 2. The highest BCUT2D eigenvalue weighted by atomic mass is 35.5. The fourth-order valence-corrected chi connectivity index (χ4v) is 6.30. The number of fused-ring (bicyclic) bond motifs is 2. The number of ether oxygens (including phenoxy) is 2. The van der Waals surface area contributed by atoms with Crippen LogP contribution in [0.4, 0.5) is 28.9 Å². The van der Waals surface area contributed by atoms with Crippen LogP contribution in [-0.2, 0) is 20.0 Å². The first-order valence-electron chi connectivity index (χ1n) is 13.1. The molecule has 0 aliphatic heterocycles. The molecule has 2 N–H and O–H groups in total. The predicted molar refractivity (Wildman–Crippen MR) is 164 cm³/mol. The van der Waals surface area contributed by atoms with Crippen LogP contribution in [0.2, 0.25) is 10.0 Å². The van der Waals surface area contributed by atoms with Gasteiger partial charge in [-0.15, -0.1) is 10.2 Å². The van der Waals surface area contributed by atoms with Crippen molar-refractivity contribution < 1.29 is 43.9 Å². The summed E-state index contributed by atoms with van der Waals surface area (Å²) in [7, 11) is -7.61. The Kier molecular flexibility index (Phi) is 9.94. The lowest BCUT2D eigenvalue weighted by Gasteiger charge is -2.08. The minimum atomic E-state index is -4.58. The topological polar surface area (TPSA) is 197 Å². The standard InChI is InChI=1S/C13H10Cl2FN5O3S.C12H8F3N5O3S/c1-2-24-13-17-9(16)6-10-18-12(19-21(10)13)25(22,23)20-11-7(14)4-3-5-8(11)15;1-23-12-16-5-8(15)10-17-11(18-20(10)12)24(21,22)19-9-6(13)3-2-4-7(9)14/h3-6,20H,2H2,1H3;2-5,19H,1H3. The average Bonchev–Trinajstić information content (AvgIpc) is 3.69. The van der Waals surface area contributed by atoms with E-state index in [1.165, 1.54) is 19.2 Å². The minimum Gasteiger partial charge on any atom is -0.467 e. The lowest BCUT2D eigenvalue weighted by atomic mass is 10.3. The van der Waals surface area contributed by atoms with E-state index in [-0.39, 0.29) is 40.0 Å². The second-order valence-electron chi connectivity index (χ2n) is 9.09. The number of aromatic nitrogens is 8. The van der Waals surface area contributed by atoms with E-state index in [1.807, 2.05) is 0 Å². The number of halogens is 6. The maximum absolute atomic E-state index is 13.7. The van der Waals surface area contributed by atoms with Crippen LogP contribution < -0.4 is 18.9 Å². The molecule has 0 radical (unpaired) electrons. The van der Waals surface area contributed by atoms with E-state index in [0.717, 1.165) is 35.0 Å². The summed E-state index contributed by atoms with van der Waals surface area (Å²) in [5.41, 5.74) is -1.47. The van der Waals surface area contributed by atoms with Gasteiger partial charge in [0.25, 0.3) is 30.4 Å². The Balaban J connectivity index is 0.000000191. The Morgan fingerprint density at radius 3 is 1.96 bits per heavy atom. The zero-order valence-electron chi connectivity index (χ0n) is 24.4. The number of anilines is 2. The molecular formula is C25H18Cl2F4N10O6S2. The van der Waals surface area contributed by atoms with Crippen LogP contribution in [-0.4, -0.2) is 69.7 Å². The van der Waals surface area contributed by atoms with E-state index < -0.39 is 65.1 Å². The first-order valence-corrected chi connectivity index (χ1v) is 16.8. The van der Waals surface area contributed by atoms with Crippen LogP contribution in [0, 0.1) is 23.4 Å². The van der Waals surface area contributed by atoms with E-state index >= 15 is 0 Å². The van der Waals surface area contributed by atoms with E-state index in [0.29, 0.717) is 4.52 Å². The van der Waals surface area contributed by atoms with Gasteiger partial charge in [-0.3, -0.25) is 9.44 Å². The van der Waals surface area contributed by atoms with Crippen molar-refractivity contribution in [2.24, 2.45) is 0 Å². The summed E-state index contributed by atoms with van der Waals surface area (Å²) < 4.78 is 119. The van der Waals surface area contributed by atoms with Gasteiger partial charge in [-0.1, -0.05) is 35.3 Å². The lowest BCUT2D eigenvalue weighted by Crippen LogP contribution is -2.16. The van der Waals surface area contributed by atoms with Gasteiger partial charge < -0.3 is 9.47 Å². The first-order chi connectivity index (χ1) is 23.1. The molecule has 6 rings (SSSR count). The van der Waals surface area contributed by atoms with Crippen molar-refractivity contribution in [3.8, 4) is 12.0 Å². The molecule has 0 bridgehead atoms. The normalized spacial score (nSPS) is 11.7. The molecule has 0 spiro atoms. The van der Waals surface area contributed by atoms with Gasteiger partial charge >= 0.3 is 12.0 Å². The van der Waals surface area contributed by atoms with Crippen LogP contribution in [0.25, 0.3) is 11.3 Å². The number of sulfonamides is 2. The summed E-state index contributed by atoms with van der Waals surface area (Å²) in [6.07, 6.45) is 0.767. The molecule has 6 aromatic rings. The van der Waals surface area contributed by atoms with E-state index in [2.05, 4.69) is 34.9 Å². The van der Waals surface area contributed by atoms with Crippen molar-refractivity contribution in [2.45, 2.75) is 17.2 Å². The van der Waals surface area contributed by atoms with Gasteiger partial charge in [0.2, 0.25) is 5.95 Å². The number of nitrogens with zero attached hydrogens (tertiary/aromatic N) is 8. The highest BCUT2D eigenvalue weighted by Crippen LogP contribution is 2.31. The molecule has 49 heavy (non-hydrogen) atoms. The van der Waals surface area contributed by atoms with E-state index in [1.54, 1.807) is 17.7 Å². The second kappa shape index (κ2) is 13.8. The van der Waals surface area contributed by atoms with Crippen molar-refractivity contribution in [1.29, 1.82) is 0 Å². The van der Waals surface area contributed by atoms with Gasteiger partial charge in [-0.05, 0) is 31.2 Å². The summed E-state index contributed by atoms with van der Waals surface area (Å²) in [6, 6.07) is 7.78. The van der Waals surface area contributed by atoms with Gasteiger partial charge in [-0.25, -0.2) is 18.2 Å². The minimum absolute atomic E-state index is 0.0148. The molecule has 0 saturated carbocycles. The van der Waals surface area contributed by atoms with Crippen molar-refractivity contribution >= 4 is 65.9 Å². The van der Waals surface area contributed by atoms with Crippen LogP contribution >= 0.6 is 23.2 Å². The number of hydrogen-bond acceptors (Lipinski definition) is 12. The molecule has 4 heterocycles. The van der Waals surface area contributed by atoms with Crippen molar-refractivity contribution in [2.75, 3.05) is 23.2 Å².